The maximum Gasteiger partial charge on any atom is 0.127 e. The van der Waals surface area contributed by atoms with Crippen molar-refractivity contribution in [3.8, 4) is 5.75 Å². The molecular formula is C14H21NO. The Kier molecular flexibility index (Phi) is 3.20. The van der Waals surface area contributed by atoms with Gasteiger partial charge in [-0.2, -0.15) is 0 Å². The Labute approximate surface area is 97.8 Å². The van der Waals surface area contributed by atoms with Crippen molar-refractivity contribution < 1.29 is 4.74 Å². The molecule has 88 valence electrons. The van der Waals surface area contributed by atoms with Crippen molar-refractivity contribution in [1.29, 1.82) is 0 Å². The van der Waals surface area contributed by atoms with Crippen molar-refractivity contribution in [2.45, 2.75) is 45.6 Å². The van der Waals surface area contributed by atoms with E-state index in [-0.39, 0.29) is 6.04 Å². The summed E-state index contributed by atoms with van der Waals surface area (Å²) in [5.74, 6) is 1.54. The Morgan fingerprint density at radius 2 is 2.12 bits per heavy atom. The molecule has 16 heavy (non-hydrogen) atoms. The number of fused-ring (bicyclic) bond motifs is 1. The molecule has 1 aromatic rings. The second-order valence-corrected chi connectivity index (χ2v) is 4.97. The average molecular weight is 219 g/mol. The first-order chi connectivity index (χ1) is 7.61. The Morgan fingerprint density at radius 3 is 2.81 bits per heavy atom. The fourth-order valence-corrected chi connectivity index (χ4v) is 2.42. The lowest BCUT2D eigenvalue weighted by Gasteiger charge is -2.20. The predicted molar refractivity (Wildman–Crippen MR) is 66.9 cm³/mol. The van der Waals surface area contributed by atoms with Gasteiger partial charge in [0.2, 0.25) is 0 Å². The highest BCUT2D eigenvalue weighted by Crippen LogP contribution is 2.38. The van der Waals surface area contributed by atoms with Crippen molar-refractivity contribution in [3.05, 3.63) is 28.8 Å². The van der Waals surface area contributed by atoms with E-state index in [1.54, 1.807) is 0 Å². The molecule has 1 aliphatic heterocycles. The van der Waals surface area contributed by atoms with Gasteiger partial charge in [0.1, 0.15) is 5.75 Å². The summed E-state index contributed by atoms with van der Waals surface area (Å²) in [6.07, 6.45) is 2.07. The Hall–Kier alpha value is -1.02. The summed E-state index contributed by atoms with van der Waals surface area (Å²) in [4.78, 5) is 0. The number of hydrogen-bond acceptors (Lipinski definition) is 2. The molecule has 0 aromatic heterocycles. The van der Waals surface area contributed by atoms with Gasteiger partial charge in [-0.15, -0.1) is 0 Å². The summed E-state index contributed by atoms with van der Waals surface area (Å²) >= 11 is 0. The van der Waals surface area contributed by atoms with Gasteiger partial charge in [0, 0.05) is 11.6 Å². The van der Waals surface area contributed by atoms with E-state index in [2.05, 4.69) is 32.9 Å². The van der Waals surface area contributed by atoms with Gasteiger partial charge in [-0.05, 0) is 36.8 Å². The molecule has 1 aliphatic rings. The van der Waals surface area contributed by atoms with Crippen LogP contribution in [0.2, 0.25) is 0 Å². The molecule has 0 amide bonds. The molecule has 0 aliphatic carbocycles. The molecule has 1 atom stereocenters. The predicted octanol–water partition coefficient (Wildman–Crippen LogP) is 3.29. The van der Waals surface area contributed by atoms with Gasteiger partial charge in [0.25, 0.3) is 0 Å². The fraction of sp³-hybridized carbons (Fsp3) is 0.571. The van der Waals surface area contributed by atoms with E-state index in [1.165, 1.54) is 16.7 Å². The first-order valence-electron chi connectivity index (χ1n) is 6.13. The number of aryl methyl sites for hydroxylation is 1. The SMILES string of the molecule is Cc1ccc(C(C)C)c2c1OCCCC2N. The molecule has 2 rings (SSSR count). The first-order valence-corrected chi connectivity index (χ1v) is 6.13. The van der Waals surface area contributed by atoms with E-state index in [9.17, 15) is 0 Å². The topological polar surface area (TPSA) is 35.2 Å². The highest BCUT2D eigenvalue weighted by Gasteiger charge is 2.22. The van der Waals surface area contributed by atoms with Gasteiger partial charge >= 0.3 is 0 Å². The van der Waals surface area contributed by atoms with Crippen LogP contribution in [0.3, 0.4) is 0 Å². The molecule has 0 spiro atoms. The smallest absolute Gasteiger partial charge is 0.127 e. The molecule has 0 radical (unpaired) electrons. The number of nitrogens with two attached hydrogens (primary N) is 1. The fourth-order valence-electron chi connectivity index (χ4n) is 2.42. The lowest BCUT2D eigenvalue weighted by atomic mass is 9.89. The second kappa shape index (κ2) is 4.46. The van der Waals surface area contributed by atoms with Crippen LogP contribution < -0.4 is 10.5 Å². The molecular weight excluding hydrogens is 198 g/mol. The van der Waals surface area contributed by atoms with E-state index in [4.69, 9.17) is 10.5 Å². The second-order valence-electron chi connectivity index (χ2n) is 4.97. The molecule has 2 N–H and O–H groups in total. The molecule has 2 nitrogen and oxygen atoms in total. The minimum Gasteiger partial charge on any atom is -0.493 e. The van der Waals surface area contributed by atoms with Crippen molar-refractivity contribution in [3.63, 3.8) is 0 Å². The van der Waals surface area contributed by atoms with Crippen LogP contribution in [0.25, 0.3) is 0 Å². The minimum atomic E-state index is 0.134. The summed E-state index contributed by atoms with van der Waals surface area (Å²) in [6, 6.07) is 4.48. The van der Waals surface area contributed by atoms with E-state index in [0.717, 1.165) is 25.2 Å². The van der Waals surface area contributed by atoms with Crippen LogP contribution >= 0.6 is 0 Å². The largest absolute Gasteiger partial charge is 0.493 e. The van der Waals surface area contributed by atoms with E-state index >= 15 is 0 Å². The number of hydrogen-bond donors (Lipinski definition) is 1. The highest BCUT2D eigenvalue weighted by molar-refractivity contribution is 5.49. The minimum absolute atomic E-state index is 0.134. The van der Waals surface area contributed by atoms with Gasteiger partial charge in [-0.25, -0.2) is 0 Å². The maximum atomic E-state index is 6.27. The van der Waals surface area contributed by atoms with Crippen LogP contribution in [0.5, 0.6) is 5.75 Å². The summed E-state index contributed by atoms with van der Waals surface area (Å²) < 4.78 is 5.86. The van der Waals surface area contributed by atoms with Crippen molar-refractivity contribution in [2.75, 3.05) is 6.61 Å². The molecule has 0 fully saturated rings. The third-order valence-corrected chi connectivity index (χ3v) is 3.33. The first kappa shape index (κ1) is 11.5. The van der Waals surface area contributed by atoms with Crippen LogP contribution in [0.15, 0.2) is 12.1 Å². The van der Waals surface area contributed by atoms with Crippen LogP contribution in [0, 0.1) is 6.92 Å². The summed E-state index contributed by atoms with van der Waals surface area (Å²) in [5.41, 5.74) is 10.1. The standard InChI is InChI=1S/C14H21NO/c1-9(2)11-7-6-10(3)14-13(11)12(15)5-4-8-16-14/h6-7,9,12H,4-5,8,15H2,1-3H3. The van der Waals surface area contributed by atoms with E-state index < -0.39 is 0 Å². The zero-order valence-corrected chi connectivity index (χ0v) is 10.4. The lowest BCUT2D eigenvalue weighted by Crippen LogP contribution is -2.13. The normalized spacial score (nSPS) is 20.2. The number of benzene rings is 1. The zero-order chi connectivity index (χ0) is 11.7. The summed E-state index contributed by atoms with van der Waals surface area (Å²) in [7, 11) is 0. The van der Waals surface area contributed by atoms with E-state index in [0.29, 0.717) is 5.92 Å². The molecule has 2 heteroatoms. The number of rotatable bonds is 1. The van der Waals surface area contributed by atoms with Crippen molar-refractivity contribution >= 4 is 0 Å². The summed E-state index contributed by atoms with van der Waals surface area (Å²) in [5, 5.41) is 0. The highest BCUT2D eigenvalue weighted by atomic mass is 16.5. The maximum absolute atomic E-state index is 6.27. The summed E-state index contributed by atoms with van der Waals surface area (Å²) in [6.45, 7) is 7.31. The van der Waals surface area contributed by atoms with Crippen LogP contribution in [-0.4, -0.2) is 6.61 Å². The Balaban J connectivity index is 2.59. The monoisotopic (exact) mass is 219 g/mol. The van der Waals surface area contributed by atoms with Crippen LogP contribution in [0.1, 0.15) is 55.3 Å². The van der Waals surface area contributed by atoms with Gasteiger partial charge in [-0.1, -0.05) is 26.0 Å². The number of ether oxygens (including phenoxy) is 1. The van der Waals surface area contributed by atoms with Crippen LogP contribution in [-0.2, 0) is 0 Å². The molecule has 1 heterocycles. The van der Waals surface area contributed by atoms with E-state index in [1.807, 2.05) is 0 Å². The zero-order valence-electron chi connectivity index (χ0n) is 10.4. The van der Waals surface area contributed by atoms with Gasteiger partial charge in [0.15, 0.2) is 0 Å². The molecule has 0 saturated carbocycles. The van der Waals surface area contributed by atoms with Crippen molar-refractivity contribution in [2.24, 2.45) is 5.73 Å². The third kappa shape index (κ3) is 1.94. The molecule has 1 aromatic carbocycles. The van der Waals surface area contributed by atoms with Crippen LogP contribution in [0.4, 0.5) is 0 Å². The Bertz CT molecular complexity index is 385. The quantitative estimate of drug-likeness (QED) is 0.786. The van der Waals surface area contributed by atoms with Gasteiger partial charge < -0.3 is 10.5 Å². The van der Waals surface area contributed by atoms with Crippen molar-refractivity contribution in [1.82, 2.24) is 0 Å². The van der Waals surface area contributed by atoms with Gasteiger partial charge in [-0.3, -0.25) is 0 Å². The van der Waals surface area contributed by atoms with Gasteiger partial charge in [0.05, 0.1) is 6.61 Å². The lowest BCUT2D eigenvalue weighted by molar-refractivity contribution is 0.314. The molecule has 0 saturated heterocycles. The average Bonchev–Trinajstić information content (AvgIpc) is 2.42. The third-order valence-electron chi connectivity index (χ3n) is 3.33. The molecule has 1 unspecified atom stereocenters. The molecule has 0 bridgehead atoms. The Morgan fingerprint density at radius 1 is 1.38 bits per heavy atom.